The number of hydrogen-bond donors (Lipinski definition) is 2. The Morgan fingerprint density at radius 2 is 1.77 bits per heavy atom. The summed E-state index contributed by atoms with van der Waals surface area (Å²) >= 11 is 6.44. The van der Waals surface area contributed by atoms with E-state index in [1.165, 1.54) is 0 Å². The molecular weight excluding hydrogens is 474 g/mol. The predicted molar refractivity (Wildman–Crippen MR) is 133 cm³/mol. The Labute approximate surface area is 209 Å². The van der Waals surface area contributed by atoms with Gasteiger partial charge in [-0.25, -0.2) is 4.79 Å². The third-order valence-electron chi connectivity index (χ3n) is 6.14. The normalized spacial score (nSPS) is 16.4. The fourth-order valence-corrected chi connectivity index (χ4v) is 4.89. The van der Waals surface area contributed by atoms with Gasteiger partial charge in [0.1, 0.15) is 22.3 Å². The van der Waals surface area contributed by atoms with E-state index in [1.54, 1.807) is 18.2 Å². The van der Waals surface area contributed by atoms with Crippen LogP contribution < -0.4 is 24.4 Å². The summed E-state index contributed by atoms with van der Waals surface area (Å²) < 4.78 is 16.1. The molecule has 2 heterocycles. The molecule has 35 heavy (non-hydrogen) atoms. The Kier molecular flexibility index (Phi) is 7.87. The predicted octanol–water partition coefficient (Wildman–Crippen LogP) is 4.62. The van der Waals surface area contributed by atoms with E-state index in [9.17, 15) is 9.59 Å². The van der Waals surface area contributed by atoms with Crippen LogP contribution in [0.4, 0.5) is 16.2 Å². The van der Waals surface area contributed by atoms with Crippen molar-refractivity contribution in [3.63, 3.8) is 0 Å². The minimum Gasteiger partial charge on any atom is -0.492 e. The highest BCUT2D eigenvalue weighted by molar-refractivity contribution is 6.33. The Hall–Kier alpha value is -3.17. The van der Waals surface area contributed by atoms with Crippen LogP contribution in [0.3, 0.4) is 0 Å². The maximum atomic E-state index is 12.4. The number of piperidine rings is 1. The Bertz CT molecular complexity index is 1060. The summed E-state index contributed by atoms with van der Waals surface area (Å²) in [5.41, 5.74) is 2.52. The second-order valence-electron chi connectivity index (χ2n) is 8.50. The van der Waals surface area contributed by atoms with Gasteiger partial charge in [-0.1, -0.05) is 11.6 Å². The molecule has 1 saturated heterocycles. The number of hydrogen-bond acceptors (Lipinski definition) is 7. The van der Waals surface area contributed by atoms with Gasteiger partial charge in [0, 0.05) is 31.7 Å². The monoisotopic (exact) mass is 503 g/mol. The number of carboxylic acid groups (broad SMARTS) is 1. The summed E-state index contributed by atoms with van der Waals surface area (Å²) in [5.74, 6) is 1.31. The fraction of sp³-hybridized carbons (Fsp3) is 0.440. The van der Waals surface area contributed by atoms with Crippen molar-refractivity contribution in [2.45, 2.75) is 39.3 Å². The molecule has 0 aromatic heterocycles. The number of rotatable bonds is 8. The zero-order chi connectivity index (χ0) is 24.9. The maximum absolute atomic E-state index is 12.4. The van der Waals surface area contributed by atoms with Crippen molar-refractivity contribution < 1.29 is 28.9 Å². The van der Waals surface area contributed by atoms with E-state index >= 15 is 0 Å². The molecule has 0 unspecified atom stereocenters. The average Bonchev–Trinajstić information content (AvgIpc) is 2.81. The molecule has 0 spiro atoms. The van der Waals surface area contributed by atoms with Gasteiger partial charge in [0.25, 0.3) is 0 Å². The maximum Gasteiger partial charge on any atom is 0.511 e. The minimum atomic E-state index is -1.39. The van der Waals surface area contributed by atoms with Crippen LogP contribution in [0.2, 0.25) is 5.02 Å². The zero-order valence-corrected chi connectivity index (χ0v) is 20.6. The number of fused-ring (bicyclic) bond motifs is 1. The van der Waals surface area contributed by atoms with Crippen molar-refractivity contribution in [3.8, 4) is 17.2 Å². The van der Waals surface area contributed by atoms with E-state index < -0.39 is 6.16 Å². The molecule has 0 saturated carbocycles. The number of nitrogens with one attached hydrogen (secondary N) is 1. The van der Waals surface area contributed by atoms with Crippen molar-refractivity contribution in [2.75, 3.05) is 43.1 Å². The van der Waals surface area contributed by atoms with E-state index in [-0.39, 0.29) is 24.2 Å². The van der Waals surface area contributed by atoms with Crippen molar-refractivity contribution >= 4 is 35.0 Å². The first-order valence-corrected chi connectivity index (χ1v) is 12.2. The number of benzene rings is 2. The molecule has 188 valence electrons. The summed E-state index contributed by atoms with van der Waals surface area (Å²) in [5, 5.41) is 12.2. The highest BCUT2D eigenvalue weighted by atomic mass is 35.5. The average molecular weight is 504 g/mol. The SMILES string of the molecule is CCOc1cc(CN2CCC(N3CC(=O)Nc4cc(OC(=O)O)ccc43)CC2)cc(OCC)c1Cl. The number of amides is 1. The standard InChI is InChI=1S/C25H30ClN3O6/c1-3-33-21-11-16(12-22(24(21)26)34-4-2)14-28-9-7-17(8-10-28)29-15-23(30)27-19-13-18(35-25(31)32)5-6-20(19)29/h5-6,11-13,17H,3-4,7-10,14-15H2,1-2H3,(H,27,30)(H,31,32). The molecular formula is C25H30ClN3O6. The first-order valence-electron chi connectivity index (χ1n) is 11.8. The lowest BCUT2D eigenvalue weighted by molar-refractivity contribution is -0.115. The van der Waals surface area contributed by atoms with Crippen molar-refractivity contribution in [1.29, 1.82) is 0 Å². The van der Waals surface area contributed by atoms with Crippen molar-refractivity contribution in [2.24, 2.45) is 0 Å². The largest absolute Gasteiger partial charge is 0.511 e. The summed E-state index contributed by atoms with van der Waals surface area (Å²) in [6.45, 7) is 7.65. The molecule has 0 radical (unpaired) electrons. The molecule has 2 N–H and O–H groups in total. The van der Waals surface area contributed by atoms with Crippen LogP contribution >= 0.6 is 11.6 Å². The van der Waals surface area contributed by atoms with Gasteiger partial charge in [-0.05, 0) is 56.5 Å². The summed E-state index contributed by atoms with van der Waals surface area (Å²) in [7, 11) is 0. The zero-order valence-electron chi connectivity index (χ0n) is 19.9. The first kappa shape index (κ1) is 24.9. The highest BCUT2D eigenvalue weighted by Crippen LogP contribution is 2.38. The summed E-state index contributed by atoms with van der Waals surface area (Å²) in [6, 6.07) is 9.11. The highest BCUT2D eigenvalue weighted by Gasteiger charge is 2.31. The summed E-state index contributed by atoms with van der Waals surface area (Å²) in [4.78, 5) is 27.7. The molecule has 0 aliphatic carbocycles. The number of anilines is 2. The van der Waals surface area contributed by atoms with Gasteiger partial charge >= 0.3 is 6.16 Å². The number of likely N-dealkylation sites (tertiary alicyclic amines) is 1. The minimum absolute atomic E-state index is 0.125. The fourth-order valence-electron chi connectivity index (χ4n) is 4.67. The number of carbonyl (C=O) groups is 2. The van der Waals surface area contributed by atoms with Crippen LogP contribution in [0.15, 0.2) is 30.3 Å². The number of carbonyl (C=O) groups excluding carboxylic acids is 1. The number of ether oxygens (including phenoxy) is 3. The van der Waals surface area contributed by atoms with Crippen LogP contribution in [-0.2, 0) is 11.3 Å². The van der Waals surface area contributed by atoms with Crippen molar-refractivity contribution in [3.05, 3.63) is 40.9 Å². The molecule has 1 amide bonds. The third-order valence-corrected chi connectivity index (χ3v) is 6.51. The van der Waals surface area contributed by atoms with Gasteiger partial charge in [-0.15, -0.1) is 0 Å². The van der Waals surface area contributed by atoms with Crippen LogP contribution in [0.1, 0.15) is 32.3 Å². The lowest BCUT2D eigenvalue weighted by atomic mass is 10.00. The van der Waals surface area contributed by atoms with E-state index in [1.807, 2.05) is 26.0 Å². The molecule has 9 nitrogen and oxygen atoms in total. The smallest absolute Gasteiger partial charge is 0.492 e. The Balaban J connectivity index is 1.43. The van der Waals surface area contributed by atoms with E-state index in [2.05, 4.69) is 15.1 Å². The Morgan fingerprint density at radius 1 is 1.11 bits per heavy atom. The van der Waals surface area contributed by atoms with Gasteiger partial charge in [-0.3, -0.25) is 9.69 Å². The first-order chi connectivity index (χ1) is 16.9. The van der Waals surface area contributed by atoms with Gasteiger partial charge in [-0.2, -0.15) is 0 Å². The quantitative estimate of drug-likeness (QED) is 0.397. The number of halogens is 1. The van der Waals surface area contributed by atoms with Gasteiger partial charge in [0.2, 0.25) is 5.91 Å². The second-order valence-corrected chi connectivity index (χ2v) is 8.88. The molecule has 4 rings (SSSR count). The van der Waals surface area contributed by atoms with Gasteiger partial charge in [0.05, 0.1) is 31.1 Å². The molecule has 2 aromatic rings. The van der Waals surface area contributed by atoms with Crippen molar-refractivity contribution in [1.82, 2.24) is 4.90 Å². The summed E-state index contributed by atoms with van der Waals surface area (Å²) in [6.07, 6.45) is 0.396. The molecule has 10 heteroatoms. The van der Waals surface area contributed by atoms with Crippen LogP contribution in [0.5, 0.6) is 17.2 Å². The van der Waals surface area contributed by atoms with Crippen LogP contribution in [-0.4, -0.2) is 61.0 Å². The van der Waals surface area contributed by atoms with Crippen LogP contribution in [0, 0.1) is 0 Å². The van der Waals surface area contributed by atoms with E-state index in [0.717, 1.165) is 43.7 Å². The van der Waals surface area contributed by atoms with Crippen LogP contribution in [0.25, 0.3) is 0 Å². The lowest BCUT2D eigenvalue weighted by Crippen LogP contribution is -2.49. The number of nitrogens with zero attached hydrogens (tertiary/aromatic N) is 2. The topological polar surface area (TPSA) is 101 Å². The van der Waals surface area contributed by atoms with E-state index in [0.29, 0.717) is 35.4 Å². The molecule has 2 aromatic carbocycles. The second kappa shape index (κ2) is 11.0. The lowest BCUT2D eigenvalue weighted by Gasteiger charge is -2.42. The molecule has 0 atom stereocenters. The van der Waals surface area contributed by atoms with Gasteiger partial charge in [0.15, 0.2) is 0 Å². The molecule has 0 bridgehead atoms. The Morgan fingerprint density at radius 3 is 2.37 bits per heavy atom. The van der Waals surface area contributed by atoms with E-state index in [4.69, 9.17) is 30.9 Å². The molecule has 2 aliphatic rings. The molecule has 1 fully saturated rings. The molecule has 2 aliphatic heterocycles. The van der Waals surface area contributed by atoms with Gasteiger partial charge < -0.3 is 29.5 Å². The third kappa shape index (κ3) is 5.91.